The molecule has 0 bridgehead atoms. The van der Waals surface area contributed by atoms with Gasteiger partial charge in [-0.15, -0.1) is 13.2 Å². The van der Waals surface area contributed by atoms with Crippen LogP contribution in [-0.2, 0) is 6.54 Å². The number of alkyl halides is 3. The first-order valence-electron chi connectivity index (χ1n) is 4.13. The lowest BCUT2D eigenvalue weighted by Crippen LogP contribution is -2.22. The number of carbonyl (C=O) groups is 1. The van der Waals surface area contributed by atoms with Gasteiger partial charge < -0.3 is 15.6 Å². The third-order valence-corrected chi connectivity index (χ3v) is 2.21. The van der Waals surface area contributed by atoms with Crippen molar-refractivity contribution in [3.05, 3.63) is 21.0 Å². The van der Waals surface area contributed by atoms with Crippen LogP contribution in [0.5, 0.6) is 5.75 Å². The Morgan fingerprint density at radius 3 is 2.59 bits per heavy atom. The van der Waals surface area contributed by atoms with Gasteiger partial charge in [-0.1, -0.05) is 0 Å². The van der Waals surface area contributed by atoms with E-state index in [1.54, 1.807) is 22.6 Å². The summed E-state index contributed by atoms with van der Waals surface area (Å²) < 4.78 is 40.2. The summed E-state index contributed by atoms with van der Waals surface area (Å²) in [6, 6.07) is 1.23. The Morgan fingerprint density at radius 1 is 1.59 bits per heavy atom. The van der Waals surface area contributed by atoms with Crippen molar-refractivity contribution in [3.63, 3.8) is 0 Å². The van der Waals surface area contributed by atoms with Gasteiger partial charge in [0, 0.05) is 12.1 Å². The fourth-order valence-electron chi connectivity index (χ4n) is 1.08. The average molecular weight is 362 g/mol. The van der Waals surface area contributed by atoms with Gasteiger partial charge in [-0.25, -0.2) is 9.78 Å². The molecule has 0 amide bonds. The molecule has 1 aromatic rings. The van der Waals surface area contributed by atoms with Crippen LogP contribution in [0.2, 0.25) is 0 Å². The van der Waals surface area contributed by atoms with Crippen molar-refractivity contribution in [1.82, 2.24) is 4.98 Å². The van der Waals surface area contributed by atoms with E-state index in [0.29, 0.717) is 0 Å². The number of nitrogens with two attached hydrogens (primary N) is 1. The highest BCUT2D eigenvalue weighted by molar-refractivity contribution is 14.1. The van der Waals surface area contributed by atoms with E-state index in [0.717, 1.165) is 0 Å². The lowest BCUT2D eigenvalue weighted by Gasteiger charge is -2.14. The zero-order valence-corrected chi connectivity index (χ0v) is 10.2. The highest BCUT2D eigenvalue weighted by Crippen LogP contribution is 2.30. The molecule has 0 fully saturated rings. The largest absolute Gasteiger partial charge is 0.573 e. The van der Waals surface area contributed by atoms with Crippen molar-refractivity contribution >= 4 is 28.6 Å². The van der Waals surface area contributed by atoms with Gasteiger partial charge in [0.25, 0.3) is 0 Å². The predicted octanol–water partition coefficient (Wildman–Crippen LogP) is 1.74. The van der Waals surface area contributed by atoms with E-state index < -0.39 is 23.8 Å². The number of hydrogen-bond acceptors (Lipinski definition) is 4. The molecule has 0 aliphatic carbocycles. The Bertz CT molecular complexity index is 450. The van der Waals surface area contributed by atoms with Crippen LogP contribution in [0.1, 0.15) is 16.1 Å². The van der Waals surface area contributed by atoms with E-state index in [4.69, 9.17) is 10.8 Å². The Balaban J connectivity index is 3.37. The van der Waals surface area contributed by atoms with Gasteiger partial charge >= 0.3 is 12.3 Å². The second-order valence-corrected chi connectivity index (χ2v) is 3.94. The standard InChI is InChI=1S/C8H6F3IN2O3/c9-8(10,11)17-6-3(2-13)1-4(12)14-5(6)7(15)16/h1H,2,13H2,(H,15,16). The van der Waals surface area contributed by atoms with E-state index in [2.05, 4.69) is 9.72 Å². The Morgan fingerprint density at radius 2 is 2.18 bits per heavy atom. The molecule has 0 aliphatic rings. The molecule has 1 heterocycles. The molecule has 0 radical (unpaired) electrons. The Labute approximate surface area is 107 Å². The van der Waals surface area contributed by atoms with Gasteiger partial charge in [0.05, 0.1) is 0 Å². The van der Waals surface area contributed by atoms with Crippen LogP contribution in [0.25, 0.3) is 0 Å². The summed E-state index contributed by atoms with van der Waals surface area (Å²) in [4.78, 5) is 14.2. The third kappa shape index (κ3) is 3.70. The van der Waals surface area contributed by atoms with Crippen LogP contribution in [-0.4, -0.2) is 22.4 Å². The molecule has 17 heavy (non-hydrogen) atoms. The first kappa shape index (κ1) is 14.0. The molecule has 0 aliphatic heterocycles. The molecule has 0 spiro atoms. The van der Waals surface area contributed by atoms with Crippen LogP contribution in [0.3, 0.4) is 0 Å². The summed E-state index contributed by atoms with van der Waals surface area (Å²) in [6.07, 6.45) is -5.00. The van der Waals surface area contributed by atoms with E-state index in [1.807, 2.05) is 0 Å². The third-order valence-electron chi connectivity index (χ3n) is 1.66. The summed E-state index contributed by atoms with van der Waals surface area (Å²) >= 11 is 1.67. The second-order valence-electron chi connectivity index (χ2n) is 2.84. The lowest BCUT2D eigenvalue weighted by atomic mass is 10.2. The molecule has 0 atom stereocenters. The summed E-state index contributed by atoms with van der Waals surface area (Å²) in [5.74, 6) is -2.48. The normalized spacial score (nSPS) is 11.4. The van der Waals surface area contributed by atoms with Gasteiger partial charge in [0.2, 0.25) is 0 Å². The van der Waals surface area contributed by atoms with Crippen molar-refractivity contribution < 1.29 is 27.8 Å². The molecular weight excluding hydrogens is 356 g/mol. The lowest BCUT2D eigenvalue weighted by molar-refractivity contribution is -0.275. The average Bonchev–Trinajstić information content (AvgIpc) is 2.17. The minimum Gasteiger partial charge on any atom is -0.476 e. The SMILES string of the molecule is NCc1cc(I)nc(C(=O)O)c1OC(F)(F)F. The smallest absolute Gasteiger partial charge is 0.476 e. The predicted molar refractivity (Wildman–Crippen MR) is 58.5 cm³/mol. The van der Waals surface area contributed by atoms with Crippen LogP contribution in [0, 0.1) is 3.70 Å². The van der Waals surface area contributed by atoms with Gasteiger partial charge in [0.1, 0.15) is 3.70 Å². The number of aromatic carboxylic acids is 1. The number of nitrogens with zero attached hydrogens (tertiary/aromatic N) is 1. The van der Waals surface area contributed by atoms with Crippen molar-refractivity contribution in [2.75, 3.05) is 0 Å². The first-order chi connectivity index (χ1) is 7.74. The van der Waals surface area contributed by atoms with Crippen LogP contribution in [0.15, 0.2) is 6.07 Å². The maximum Gasteiger partial charge on any atom is 0.573 e. The van der Waals surface area contributed by atoms with Gasteiger partial charge in [-0.2, -0.15) is 0 Å². The van der Waals surface area contributed by atoms with Crippen molar-refractivity contribution in [3.8, 4) is 5.75 Å². The van der Waals surface area contributed by atoms with E-state index >= 15 is 0 Å². The minimum atomic E-state index is -5.00. The number of aromatic nitrogens is 1. The molecule has 0 aromatic carbocycles. The van der Waals surface area contributed by atoms with Gasteiger partial charge in [-0.3, -0.25) is 0 Å². The van der Waals surface area contributed by atoms with Gasteiger partial charge in [0.15, 0.2) is 11.4 Å². The fraction of sp³-hybridized carbons (Fsp3) is 0.250. The Kier molecular flexibility index (Phi) is 4.14. The maximum absolute atomic E-state index is 12.1. The molecule has 0 saturated heterocycles. The summed E-state index contributed by atoms with van der Waals surface area (Å²) in [7, 11) is 0. The van der Waals surface area contributed by atoms with Crippen molar-refractivity contribution in [2.24, 2.45) is 5.73 Å². The minimum absolute atomic E-state index is 0.0703. The number of ether oxygens (including phenoxy) is 1. The number of hydrogen-bond donors (Lipinski definition) is 2. The number of pyridine rings is 1. The molecular formula is C8H6F3IN2O3. The zero-order chi connectivity index (χ0) is 13.2. The highest BCUT2D eigenvalue weighted by Gasteiger charge is 2.35. The zero-order valence-electron chi connectivity index (χ0n) is 8.08. The molecule has 94 valence electrons. The fourth-order valence-corrected chi connectivity index (χ4v) is 1.69. The van der Waals surface area contributed by atoms with E-state index in [-0.39, 0.29) is 15.8 Å². The van der Waals surface area contributed by atoms with E-state index in [1.165, 1.54) is 6.07 Å². The summed E-state index contributed by atoms with van der Waals surface area (Å²) in [6.45, 7) is -0.287. The van der Waals surface area contributed by atoms with Crippen molar-refractivity contribution in [1.29, 1.82) is 0 Å². The topological polar surface area (TPSA) is 85.4 Å². The Hall–Kier alpha value is -1.10. The quantitative estimate of drug-likeness (QED) is 0.632. The molecule has 1 rings (SSSR count). The molecule has 3 N–H and O–H groups in total. The number of carboxylic acids is 1. The van der Waals surface area contributed by atoms with Crippen LogP contribution in [0.4, 0.5) is 13.2 Å². The monoisotopic (exact) mass is 362 g/mol. The summed E-state index contributed by atoms with van der Waals surface area (Å²) in [5, 5.41) is 8.75. The highest BCUT2D eigenvalue weighted by atomic mass is 127. The van der Waals surface area contributed by atoms with E-state index in [9.17, 15) is 18.0 Å². The van der Waals surface area contributed by atoms with Crippen LogP contribution >= 0.6 is 22.6 Å². The molecule has 9 heteroatoms. The van der Waals surface area contributed by atoms with Gasteiger partial charge in [-0.05, 0) is 28.7 Å². The van der Waals surface area contributed by atoms with Crippen molar-refractivity contribution in [2.45, 2.75) is 12.9 Å². The number of halogens is 4. The number of carboxylic acid groups (broad SMARTS) is 1. The molecule has 5 nitrogen and oxygen atoms in total. The molecule has 1 aromatic heterocycles. The molecule has 0 saturated carbocycles. The van der Waals surface area contributed by atoms with Crippen LogP contribution < -0.4 is 10.5 Å². The molecule has 0 unspecified atom stereocenters. The number of rotatable bonds is 3. The maximum atomic E-state index is 12.1. The second kappa shape index (κ2) is 5.04. The summed E-state index contributed by atoms with van der Waals surface area (Å²) in [5.41, 5.74) is 4.36. The first-order valence-corrected chi connectivity index (χ1v) is 5.21.